The Balaban J connectivity index is 2.18. The van der Waals surface area contributed by atoms with Gasteiger partial charge in [-0.3, -0.25) is 4.79 Å². The third kappa shape index (κ3) is 3.63. The van der Waals surface area contributed by atoms with E-state index >= 15 is 0 Å². The first-order chi connectivity index (χ1) is 6.53. The van der Waals surface area contributed by atoms with Gasteiger partial charge in [-0.1, -0.05) is 0 Å². The van der Waals surface area contributed by atoms with Gasteiger partial charge in [-0.15, -0.1) is 0 Å². The van der Waals surface area contributed by atoms with Crippen molar-refractivity contribution in [3.05, 3.63) is 0 Å². The number of nitrogens with one attached hydrogen (secondary N) is 2. The maximum atomic E-state index is 11.1. The van der Waals surface area contributed by atoms with Crippen LogP contribution in [0, 0.1) is 5.92 Å². The Morgan fingerprint density at radius 1 is 1.50 bits per heavy atom. The summed E-state index contributed by atoms with van der Waals surface area (Å²) in [5.41, 5.74) is 0. The molecule has 1 rings (SSSR count). The van der Waals surface area contributed by atoms with E-state index in [9.17, 15) is 13.2 Å². The molecule has 82 valence electrons. The van der Waals surface area contributed by atoms with E-state index in [2.05, 4.69) is 10.6 Å². The average Bonchev–Trinajstić information content (AvgIpc) is 2.45. The molecule has 1 atom stereocenters. The monoisotopic (exact) mass is 220 g/mol. The second-order valence-corrected chi connectivity index (χ2v) is 5.80. The zero-order valence-corrected chi connectivity index (χ0v) is 9.06. The summed E-state index contributed by atoms with van der Waals surface area (Å²) in [7, 11) is -1.22. The smallest absolute Gasteiger partial charge is 0.233 e. The van der Waals surface area contributed by atoms with Gasteiger partial charge in [0.15, 0.2) is 9.84 Å². The highest BCUT2D eigenvalue weighted by Gasteiger charge is 2.27. The largest absolute Gasteiger partial charge is 0.358 e. The number of carbonyl (C=O) groups is 1. The number of hydrogen-bond donors (Lipinski definition) is 2. The molecule has 0 spiro atoms. The normalized spacial score (nSPS) is 24.8. The molecule has 2 N–H and O–H groups in total. The molecule has 0 saturated carbocycles. The van der Waals surface area contributed by atoms with E-state index in [-0.39, 0.29) is 24.1 Å². The van der Waals surface area contributed by atoms with Crippen LogP contribution in [0.1, 0.15) is 6.42 Å². The van der Waals surface area contributed by atoms with E-state index in [1.54, 1.807) is 7.05 Å². The van der Waals surface area contributed by atoms with Crippen molar-refractivity contribution in [2.75, 3.05) is 31.6 Å². The molecule has 5 nitrogen and oxygen atoms in total. The lowest BCUT2D eigenvalue weighted by Gasteiger charge is -2.08. The van der Waals surface area contributed by atoms with E-state index in [4.69, 9.17) is 0 Å². The summed E-state index contributed by atoms with van der Waals surface area (Å²) in [4.78, 5) is 10.8. The summed E-state index contributed by atoms with van der Waals surface area (Å²) in [6, 6.07) is 0. The van der Waals surface area contributed by atoms with Gasteiger partial charge in [0.1, 0.15) is 0 Å². The quantitative estimate of drug-likeness (QED) is 0.621. The fourth-order valence-electron chi connectivity index (χ4n) is 1.51. The van der Waals surface area contributed by atoms with Gasteiger partial charge in [0.25, 0.3) is 0 Å². The van der Waals surface area contributed by atoms with Crippen molar-refractivity contribution in [1.82, 2.24) is 10.6 Å². The Hall–Kier alpha value is -0.620. The molecule has 0 aliphatic carbocycles. The third-order valence-corrected chi connectivity index (χ3v) is 4.16. The van der Waals surface area contributed by atoms with Gasteiger partial charge in [0.2, 0.25) is 5.91 Å². The lowest BCUT2D eigenvalue weighted by molar-refractivity contribution is -0.119. The zero-order valence-electron chi connectivity index (χ0n) is 8.25. The molecular formula is C8H16N2O3S. The van der Waals surface area contributed by atoms with Crippen LogP contribution in [0.15, 0.2) is 0 Å². The maximum Gasteiger partial charge on any atom is 0.233 e. The average molecular weight is 220 g/mol. The highest BCUT2D eigenvalue weighted by Crippen LogP contribution is 2.16. The molecule has 0 aromatic heterocycles. The van der Waals surface area contributed by atoms with Crippen LogP contribution in [-0.4, -0.2) is 46.0 Å². The van der Waals surface area contributed by atoms with Gasteiger partial charge in [0.05, 0.1) is 18.1 Å². The van der Waals surface area contributed by atoms with E-state index in [1.165, 1.54) is 0 Å². The van der Waals surface area contributed by atoms with Crippen LogP contribution >= 0.6 is 0 Å². The van der Waals surface area contributed by atoms with Crippen LogP contribution < -0.4 is 10.6 Å². The minimum Gasteiger partial charge on any atom is -0.358 e. The number of rotatable bonds is 4. The molecule has 1 fully saturated rings. The molecule has 1 aliphatic rings. The Bertz CT molecular complexity index is 300. The van der Waals surface area contributed by atoms with Crippen molar-refractivity contribution in [2.45, 2.75) is 6.42 Å². The second-order valence-electron chi connectivity index (χ2n) is 3.57. The zero-order chi connectivity index (χ0) is 10.6. The summed E-state index contributed by atoms with van der Waals surface area (Å²) in [6.07, 6.45) is 0.711. The fourth-order valence-corrected chi connectivity index (χ4v) is 3.37. The minimum absolute atomic E-state index is 0.0779. The summed E-state index contributed by atoms with van der Waals surface area (Å²) < 4.78 is 22.2. The number of amides is 1. The van der Waals surface area contributed by atoms with E-state index < -0.39 is 9.84 Å². The van der Waals surface area contributed by atoms with Crippen LogP contribution in [0.5, 0.6) is 0 Å². The lowest BCUT2D eigenvalue weighted by atomic mass is 10.1. The first kappa shape index (κ1) is 11.5. The highest BCUT2D eigenvalue weighted by atomic mass is 32.2. The molecule has 1 amide bonds. The predicted octanol–water partition coefficient (Wildman–Crippen LogP) is -1.24. The maximum absolute atomic E-state index is 11.1. The Kier molecular flexibility index (Phi) is 3.88. The second kappa shape index (κ2) is 4.75. The van der Waals surface area contributed by atoms with Crippen molar-refractivity contribution in [3.8, 4) is 0 Å². The van der Waals surface area contributed by atoms with E-state index in [0.29, 0.717) is 18.7 Å². The van der Waals surface area contributed by atoms with Gasteiger partial charge in [0, 0.05) is 7.05 Å². The van der Waals surface area contributed by atoms with Crippen molar-refractivity contribution >= 4 is 15.7 Å². The Morgan fingerprint density at radius 3 is 2.71 bits per heavy atom. The number of likely N-dealkylation sites (N-methyl/N-ethyl adjacent to an activating group) is 1. The summed E-state index contributed by atoms with van der Waals surface area (Å²) in [5.74, 6) is 0.642. The molecule has 0 aromatic carbocycles. The van der Waals surface area contributed by atoms with Crippen LogP contribution in [0.4, 0.5) is 0 Å². The van der Waals surface area contributed by atoms with Gasteiger partial charge in [-0.05, 0) is 18.9 Å². The molecule has 14 heavy (non-hydrogen) atoms. The molecule has 1 unspecified atom stereocenters. The van der Waals surface area contributed by atoms with E-state index in [0.717, 1.165) is 0 Å². The first-order valence-electron chi connectivity index (χ1n) is 4.65. The van der Waals surface area contributed by atoms with Gasteiger partial charge < -0.3 is 10.6 Å². The van der Waals surface area contributed by atoms with Gasteiger partial charge in [-0.25, -0.2) is 8.42 Å². The van der Waals surface area contributed by atoms with Crippen molar-refractivity contribution < 1.29 is 13.2 Å². The van der Waals surface area contributed by atoms with Crippen molar-refractivity contribution in [3.63, 3.8) is 0 Å². The number of sulfone groups is 1. The Labute approximate surface area is 84.2 Å². The standard InChI is InChI=1S/C8H16N2O3S/c1-9-8(11)5-10-4-7-2-3-14(12,13)6-7/h7,10H,2-6H2,1H3,(H,9,11). The minimum atomic E-state index is -2.79. The van der Waals surface area contributed by atoms with Crippen molar-refractivity contribution in [1.29, 1.82) is 0 Å². The lowest BCUT2D eigenvalue weighted by Crippen LogP contribution is -2.34. The molecule has 1 aliphatic heterocycles. The summed E-state index contributed by atoms with van der Waals surface area (Å²) in [6.45, 7) is 0.861. The number of hydrogen-bond acceptors (Lipinski definition) is 4. The third-order valence-electron chi connectivity index (χ3n) is 2.32. The van der Waals surface area contributed by atoms with Crippen LogP contribution in [0.25, 0.3) is 0 Å². The molecule has 0 bridgehead atoms. The molecule has 1 heterocycles. The SMILES string of the molecule is CNC(=O)CNCC1CCS(=O)(=O)C1. The Morgan fingerprint density at radius 2 is 2.21 bits per heavy atom. The van der Waals surface area contributed by atoms with E-state index in [1.807, 2.05) is 0 Å². The van der Waals surface area contributed by atoms with Crippen molar-refractivity contribution in [2.24, 2.45) is 5.92 Å². The summed E-state index contributed by atoms with van der Waals surface area (Å²) >= 11 is 0. The fraction of sp³-hybridized carbons (Fsp3) is 0.875. The highest BCUT2D eigenvalue weighted by molar-refractivity contribution is 7.91. The topological polar surface area (TPSA) is 75.3 Å². The molecule has 1 saturated heterocycles. The molecule has 0 radical (unpaired) electrons. The van der Waals surface area contributed by atoms with Crippen LogP contribution in [0.2, 0.25) is 0 Å². The first-order valence-corrected chi connectivity index (χ1v) is 6.47. The number of carbonyl (C=O) groups excluding carboxylic acids is 1. The van der Waals surface area contributed by atoms with Gasteiger partial charge >= 0.3 is 0 Å². The molecular weight excluding hydrogens is 204 g/mol. The molecule has 6 heteroatoms. The van der Waals surface area contributed by atoms with Crippen LogP contribution in [0.3, 0.4) is 0 Å². The van der Waals surface area contributed by atoms with Gasteiger partial charge in [-0.2, -0.15) is 0 Å². The molecule has 0 aromatic rings. The summed E-state index contributed by atoms with van der Waals surface area (Å²) in [5, 5.41) is 5.43. The predicted molar refractivity (Wildman–Crippen MR) is 53.7 cm³/mol. The van der Waals surface area contributed by atoms with Crippen LogP contribution in [-0.2, 0) is 14.6 Å².